The van der Waals surface area contributed by atoms with Gasteiger partial charge >= 0.3 is 4.87 Å². The maximum absolute atomic E-state index is 13.9. The molecule has 6 unspecified atom stereocenters. The highest BCUT2D eigenvalue weighted by atomic mass is 35.5. The Labute approximate surface area is 260 Å². The lowest BCUT2D eigenvalue weighted by Gasteiger charge is -2.43. The van der Waals surface area contributed by atoms with Gasteiger partial charge in [0.1, 0.15) is 12.4 Å². The van der Waals surface area contributed by atoms with Crippen LogP contribution >= 0.6 is 46.3 Å². The summed E-state index contributed by atoms with van der Waals surface area (Å²) in [5.41, 5.74) is 2.65. The Balaban J connectivity index is 1.11. The number of anilines is 1. The molecule has 8 rings (SSSR count). The molecule has 7 atom stereocenters. The molecule has 1 N–H and O–H groups in total. The summed E-state index contributed by atoms with van der Waals surface area (Å²) >= 11 is 15.1. The number of thiazole rings is 1. The summed E-state index contributed by atoms with van der Waals surface area (Å²) < 4.78 is 6.03. The highest BCUT2D eigenvalue weighted by Crippen LogP contribution is 2.68. The van der Waals surface area contributed by atoms with E-state index in [-0.39, 0.29) is 57.4 Å². The van der Waals surface area contributed by atoms with E-state index in [1.54, 1.807) is 36.0 Å². The summed E-state index contributed by atoms with van der Waals surface area (Å²) in [5.74, 6) is 0.0680. The van der Waals surface area contributed by atoms with Crippen molar-refractivity contribution in [2.75, 3.05) is 4.90 Å². The zero-order valence-corrected chi connectivity index (χ0v) is 25.2. The summed E-state index contributed by atoms with van der Waals surface area (Å²) in [6, 6.07) is 22.6. The van der Waals surface area contributed by atoms with Crippen molar-refractivity contribution in [3.8, 4) is 5.75 Å². The van der Waals surface area contributed by atoms with Gasteiger partial charge in [0.25, 0.3) is 0 Å². The number of hydrogen-bond acceptors (Lipinski definition) is 6. The number of ether oxygens (including phenoxy) is 1. The van der Waals surface area contributed by atoms with Gasteiger partial charge < -0.3 is 9.72 Å². The Morgan fingerprint density at radius 1 is 0.881 bits per heavy atom. The van der Waals surface area contributed by atoms with Crippen LogP contribution in [-0.4, -0.2) is 22.0 Å². The van der Waals surface area contributed by atoms with Crippen LogP contribution in [0.5, 0.6) is 5.75 Å². The van der Waals surface area contributed by atoms with Gasteiger partial charge in [0, 0.05) is 26.1 Å². The van der Waals surface area contributed by atoms with Gasteiger partial charge in [-0.1, -0.05) is 58.8 Å². The van der Waals surface area contributed by atoms with E-state index in [2.05, 4.69) is 17.1 Å². The number of hydrogen-bond donors (Lipinski definition) is 1. The number of H-pyrrole nitrogens is 1. The number of aromatic amines is 1. The number of carbonyl (C=O) groups excluding carboxylic acids is 2. The van der Waals surface area contributed by atoms with Crippen molar-refractivity contribution in [2.24, 2.45) is 29.6 Å². The first kappa shape index (κ1) is 26.6. The van der Waals surface area contributed by atoms with Gasteiger partial charge in [0.05, 0.1) is 22.5 Å². The molecule has 10 heteroatoms. The second-order valence-corrected chi connectivity index (χ2v) is 14.5. The van der Waals surface area contributed by atoms with Crippen molar-refractivity contribution in [1.29, 1.82) is 0 Å². The normalized spacial score (nSPS) is 29.0. The van der Waals surface area contributed by atoms with Crippen LogP contribution in [0, 0.1) is 29.6 Å². The summed E-state index contributed by atoms with van der Waals surface area (Å²) in [6.07, 6.45) is 0.847. The van der Waals surface area contributed by atoms with Gasteiger partial charge in [-0.05, 0) is 83.8 Å². The van der Waals surface area contributed by atoms with E-state index in [1.807, 2.05) is 36.4 Å². The quantitative estimate of drug-likeness (QED) is 0.239. The zero-order valence-electron chi connectivity index (χ0n) is 22.0. The van der Waals surface area contributed by atoms with Crippen molar-refractivity contribution in [2.45, 2.75) is 29.2 Å². The Hall–Kier alpha value is -3.04. The Kier molecular flexibility index (Phi) is 6.34. The van der Waals surface area contributed by atoms with Crippen LogP contribution in [0.15, 0.2) is 82.6 Å². The monoisotopic (exact) mass is 634 g/mol. The van der Waals surface area contributed by atoms with E-state index in [4.69, 9.17) is 27.9 Å². The van der Waals surface area contributed by atoms with Crippen LogP contribution in [0.25, 0.3) is 0 Å². The molecule has 3 fully saturated rings. The van der Waals surface area contributed by atoms with Crippen molar-refractivity contribution in [1.82, 2.24) is 4.98 Å². The van der Waals surface area contributed by atoms with E-state index in [0.717, 1.165) is 33.2 Å². The zero-order chi connectivity index (χ0) is 28.7. The molecule has 2 aliphatic carbocycles. The van der Waals surface area contributed by atoms with Crippen LogP contribution in [0.4, 0.5) is 5.69 Å². The number of nitrogens with zero attached hydrogens (tertiary/aromatic N) is 1. The third-order valence-corrected chi connectivity index (χ3v) is 12.4. The third-order valence-electron chi connectivity index (χ3n) is 9.34. The number of aromatic nitrogens is 1. The molecule has 6 nitrogen and oxygen atoms in total. The molecule has 4 aromatic rings. The molecule has 1 saturated heterocycles. The van der Waals surface area contributed by atoms with E-state index in [0.29, 0.717) is 22.3 Å². The molecule has 4 aliphatic rings. The molecule has 2 saturated carbocycles. The number of thioether (sulfide) groups is 1. The van der Waals surface area contributed by atoms with Gasteiger partial charge in [-0.2, -0.15) is 0 Å². The number of halogens is 2. The van der Waals surface area contributed by atoms with E-state index >= 15 is 0 Å². The fourth-order valence-electron chi connectivity index (χ4n) is 7.80. The minimum absolute atomic E-state index is 0.0411. The van der Waals surface area contributed by atoms with Gasteiger partial charge in [-0.3, -0.25) is 19.3 Å². The molecule has 2 bridgehead atoms. The molecule has 1 aromatic heterocycles. The smallest absolute Gasteiger partial charge is 0.305 e. The van der Waals surface area contributed by atoms with E-state index in [1.165, 1.54) is 16.2 Å². The number of imide groups is 1. The molecule has 2 amide bonds. The number of carbonyl (C=O) groups is 2. The first-order valence-corrected chi connectivity index (χ1v) is 16.3. The minimum atomic E-state index is -0.347. The molecule has 3 heterocycles. The number of benzene rings is 3. The predicted octanol–water partition coefficient (Wildman–Crippen LogP) is 7.00. The van der Waals surface area contributed by atoms with E-state index < -0.39 is 0 Å². The number of amides is 2. The van der Waals surface area contributed by atoms with Crippen molar-refractivity contribution in [3.05, 3.63) is 109 Å². The molecule has 0 radical (unpaired) electrons. The average Bonchev–Trinajstić information content (AvgIpc) is 3.72. The number of fused-ring (bicyclic) bond motifs is 9. The molecule has 3 aromatic carbocycles. The molecule has 2 aliphatic heterocycles. The summed E-state index contributed by atoms with van der Waals surface area (Å²) in [5, 5.41) is 2.27. The second kappa shape index (κ2) is 10.0. The first-order valence-electron chi connectivity index (χ1n) is 13.9. The molecular formula is C32H24Cl2N2O4S2. The van der Waals surface area contributed by atoms with Gasteiger partial charge in [-0.15, -0.1) is 11.8 Å². The van der Waals surface area contributed by atoms with Crippen LogP contribution in [-0.2, 0) is 16.2 Å². The minimum Gasteiger partial charge on any atom is -0.489 e. The number of nitrogens with one attached hydrogen (secondary N) is 1. The topological polar surface area (TPSA) is 79.5 Å². The molecule has 42 heavy (non-hydrogen) atoms. The van der Waals surface area contributed by atoms with Gasteiger partial charge in [0.15, 0.2) is 0 Å². The summed E-state index contributed by atoms with van der Waals surface area (Å²) in [4.78, 5) is 45.6. The summed E-state index contributed by atoms with van der Waals surface area (Å²) in [6.45, 7) is 0.404. The third kappa shape index (κ3) is 4.10. The first-order chi connectivity index (χ1) is 20.4. The highest BCUT2D eigenvalue weighted by Gasteiger charge is 2.69. The predicted molar refractivity (Wildman–Crippen MR) is 165 cm³/mol. The van der Waals surface area contributed by atoms with Crippen molar-refractivity contribution in [3.63, 3.8) is 0 Å². The summed E-state index contributed by atoms with van der Waals surface area (Å²) in [7, 11) is 0. The Morgan fingerprint density at radius 3 is 2.36 bits per heavy atom. The lowest BCUT2D eigenvalue weighted by atomic mass is 9.68. The molecule has 0 spiro atoms. The van der Waals surface area contributed by atoms with Crippen LogP contribution in [0.3, 0.4) is 0 Å². The van der Waals surface area contributed by atoms with Crippen LogP contribution in [0.2, 0.25) is 10.0 Å². The van der Waals surface area contributed by atoms with Gasteiger partial charge in [-0.25, -0.2) is 0 Å². The Morgan fingerprint density at radius 2 is 1.62 bits per heavy atom. The second-order valence-electron chi connectivity index (χ2n) is 11.4. The fourth-order valence-corrected chi connectivity index (χ4v) is 11.0. The van der Waals surface area contributed by atoms with E-state index in [9.17, 15) is 14.4 Å². The largest absolute Gasteiger partial charge is 0.489 e. The number of rotatable bonds is 5. The SMILES string of the molecule is O=C1C2C3CC(C2C(=O)N1c1ccc(Cl)cc1)C1C3Sc2[nH]c(=O)sc2[C@@H]1c1ccc(OCc2cccc(Cl)c2)cc1. The maximum atomic E-state index is 13.9. The standard InChI is InChI=1S/C32H24Cl2N2O4S2/c33-17-6-8-19(9-7-17)36-30(37)25-21-13-22(26(25)31(36)38)27-24(21)23(28-29(41-27)35-32(39)42-28)16-4-10-20(11-5-16)40-14-15-2-1-3-18(34)12-15/h1-12,21-27H,13-14H2,(H,35,39)/t21?,22?,23-,24?,25?,26?,27?/m1/s1. The van der Waals surface area contributed by atoms with Crippen molar-refractivity contribution >= 4 is 63.8 Å². The average molecular weight is 636 g/mol. The highest BCUT2D eigenvalue weighted by molar-refractivity contribution is 8.00. The Bertz CT molecular complexity index is 1790. The van der Waals surface area contributed by atoms with Crippen LogP contribution < -0.4 is 14.5 Å². The molecule has 212 valence electrons. The maximum Gasteiger partial charge on any atom is 0.305 e. The van der Waals surface area contributed by atoms with Crippen LogP contribution in [0.1, 0.15) is 28.3 Å². The lowest BCUT2D eigenvalue weighted by Crippen LogP contribution is -2.42. The van der Waals surface area contributed by atoms with Crippen molar-refractivity contribution < 1.29 is 14.3 Å². The fraction of sp³-hybridized carbons (Fsp3) is 0.281. The lowest BCUT2D eigenvalue weighted by molar-refractivity contribution is -0.123. The van der Waals surface area contributed by atoms with Gasteiger partial charge in [0.2, 0.25) is 11.8 Å². The molecular weight excluding hydrogens is 611 g/mol.